The van der Waals surface area contributed by atoms with Crippen molar-refractivity contribution in [2.75, 3.05) is 23.3 Å². The van der Waals surface area contributed by atoms with Gasteiger partial charge in [-0.2, -0.15) is 0 Å². The SMILES string of the molecule is CCN(c1ccccc1)S(=O)(=O)c1ccc(OC)c(NC(=O)C2CC2(Cl)Cl)c1. The summed E-state index contributed by atoms with van der Waals surface area (Å²) in [5.41, 5.74) is 0.798. The zero-order valence-electron chi connectivity index (χ0n) is 15.4. The van der Waals surface area contributed by atoms with E-state index in [0.717, 1.165) is 0 Å². The summed E-state index contributed by atoms with van der Waals surface area (Å²) in [6.07, 6.45) is 0.347. The van der Waals surface area contributed by atoms with Crippen LogP contribution in [-0.4, -0.2) is 32.3 Å². The van der Waals surface area contributed by atoms with Gasteiger partial charge in [-0.1, -0.05) is 18.2 Å². The van der Waals surface area contributed by atoms with Crippen molar-refractivity contribution in [3.05, 3.63) is 48.5 Å². The molecular formula is C19H20Cl2N2O4S. The van der Waals surface area contributed by atoms with Crippen molar-refractivity contribution in [2.24, 2.45) is 5.92 Å². The van der Waals surface area contributed by atoms with Crippen LogP contribution >= 0.6 is 23.2 Å². The number of rotatable bonds is 7. The number of ether oxygens (including phenoxy) is 1. The molecule has 2 aromatic rings. The van der Waals surface area contributed by atoms with E-state index in [0.29, 0.717) is 17.9 Å². The van der Waals surface area contributed by atoms with Crippen molar-refractivity contribution in [3.8, 4) is 5.75 Å². The van der Waals surface area contributed by atoms with Gasteiger partial charge in [-0.3, -0.25) is 9.10 Å². The summed E-state index contributed by atoms with van der Waals surface area (Å²) in [7, 11) is -2.40. The van der Waals surface area contributed by atoms with E-state index >= 15 is 0 Å². The van der Waals surface area contributed by atoms with Crippen molar-refractivity contribution in [2.45, 2.75) is 22.6 Å². The Hall–Kier alpha value is -1.96. The maximum Gasteiger partial charge on any atom is 0.264 e. The Kier molecular flexibility index (Phi) is 5.79. The maximum absolute atomic E-state index is 13.2. The molecule has 1 aliphatic carbocycles. The van der Waals surface area contributed by atoms with Gasteiger partial charge < -0.3 is 10.1 Å². The van der Waals surface area contributed by atoms with Crippen LogP contribution in [0, 0.1) is 5.92 Å². The van der Waals surface area contributed by atoms with Gasteiger partial charge in [0.2, 0.25) is 5.91 Å². The molecular weight excluding hydrogens is 423 g/mol. The Balaban J connectivity index is 1.94. The van der Waals surface area contributed by atoms with E-state index in [-0.39, 0.29) is 23.0 Å². The molecule has 150 valence electrons. The molecule has 1 N–H and O–H groups in total. The summed E-state index contributed by atoms with van der Waals surface area (Å²) in [5, 5.41) is 2.67. The highest BCUT2D eigenvalue weighted by molar-refractivity contribution is 7.92. The Labute approximate surface area is 174 Å². The summed E-state index contributed by atoms with van der Waals surface area (Å²) in [4.78, 5) is 12.4. The van der Waals surface area contributed by atoms with Crippen LogP contribution in [0.15, 0.2) is 53.4 Å². The molecule has 1 saturated carbocycles. The second-order valence-corrected chi connectivity index (χ2v) is 9.78. The molecule has 6 nitrogen and oxygen atoms in total. The lowest BCUT2D eigenvalue weighted by atomic mass is 10.2. The highest BCUT2D eigenvalue weighted by Gasteiger charge is 2.56. The summed E-state index contributed by atoms with van der Waals surface area (Å²) in [6, 6.07) is 13.1. The first-order valence-electron chi connectivity index (χ1n) is 8.65. The van der Waals surface area contributed by atoms with Gasteiger partial charge in [0.15, 0.2) is 0 Å². The Morgan fingerprint density at radius 1 is 1.25 bits per heavy atom. The lowest BCUT2D eigenvalue weighted by Gasteiger charge is -2.23. The second-order valence-electron chi connectivity index (χ2n) is 6.37. The number of hydrogen-bond donors (Lipinski definition) is 1. The normalized spacial score (nSPS) is 17.6. The van der Waals surface area contributed by atoms with Crippen molar-refractivity contribution in [1.29, 1.82) is 0 Å². The number of sulfonamides is 1. The topological polar surface area (TPSA) is 75.7 Å². The van der Waals surface area contributed by atoms with Crippen LogP contribution < -0.4 is 14.4 Å². The number of alkyl halides is 2. The van der Waals surface area contributed by atoms with E-state index < -0.39 is 20.3 Å². The van der Waals surface area contributed by atoms with Crippen molar-refractivity contribution >= 4 is 50.5 Å². The molecule has 0 aliphatic heterocycles. The van der Waals surface area contributed by atoms with Crippen LogP contribution in [0.4, 0.5) is 11.4 Å². The average molecular weight is 443 g/mol. The molecule has 2 aromatic carbocycles. The van der Waals surface area contributed by atoms with Crippen molar-refractivity contribution in [3.63, 3.8) is 0 Å². The molecule has 1 amide bonds. The van der Waals surface area contributed by atoms with E-state index in [4.69, 9.17) is 27.9 Å². The molecule has 1 atom stereocenters. The zero-order valence-corrected chi connectivity index (χ0v) is 17.7. The number of nitrogens with one attached hydrogen (secondary N) is 1. The molecule has 28 heavy (non-hydrogen) atoms. The first kappa shape index (κ1) is 20.8. The minimum atomic E-state index is -3.84. The van der Waals surface area contributed by atoms with Gasteiger partial charge in [-0.15, -0.1) is 23.2 Å². The smallest absolute Gasteiger partial charge is 0.264 e. The van der Waals surface area contributed by atoms with Gasteiger partial charge in [0.1, 0.15) is 10.1 Å². The van der Waals surface area contributed by atoms with E-state index in [1.165, 1.54) is 29.6 Å². The number of carbonyl (C=O) groups excluding carboxylic acids is 1. The number of nitrogens with zero attached hydrogens (tertiary/aromatic N) is 1. The van der Waals surface area contributed by atoms with E-state index in [9.17, 15) is 13.2 Å². The first-order valence-corrected chi connectivity index (χ1v) is 10.8. The molecule has 9 heteroatoms. The number of amides is 1. The quantitative estimate of drug-likeness (QED) is 0.656. The standard InChI is InChI=1S/C19H20Cl2N2O4S/c1-3-23(13-7-5-4-6-8-13)28(25,26)14-9-10-17(27-2)16(11-14)22-18(24)15-12-19(15,20)21/h4-11,15H,3,12H2,1-2H3,(H,22,24). The van der Waals surface area contributed by atoms with Crippen LogP contribution in [0.3, 0.4) is 0 Å². The third-order valence-corrected chi connectivity index (χ3v) is 7.23. The molecule has 0 saturated heterocycles. The van der Waals surface area contributed by atoms with Gasteiger partial charge in [0.25, 0.3) is 10.0 Å². The molecule has 1 unspecified atom stereocenters. The molecule has 0 heterocycles. The van der Waals surface area contributed by atoms with Crippen LogP contribution in [0.2, 0.25) is 0 Å². The monoisotopic (exact) mass is 442 g/mol. The number of hydrogen-bond acceptors (Lipinski definition) is 4. The minimum Gasteiger partial charge on any atom is -0.495 e. The third kappa shape index (κ3) is 4.06. The van der Waals surface area contributed by atoms with Gasteiger partial charge in [-0.25, -0.2) is 8.42 Å². The number of carbonyl (C=O) groups is 1. The average Bonchev–Trinajstić information content (AvgIpc) is 3.31. The lowest BCUT2D eigenvalue weighted by Crippen LogP contribution is -2.30. The molecule has 0 spiro atoms. The number of halogens is 2. The highest BCUT2D eigenvalue weighted by atomic mass is 35.5. The van der Waals surface area contributed by atoms with Gasteiger partial charge in [0.05, 0.1) is 29.3 Å². The molecule has 1 aliphatic rings. The molecule has 1 fully saturated rings. The molecule has 0 bridgehead atoms. The molecule has 0 radical (unpaired) electrons. The summed E-state index contributed by atoms with van der Waals surface area (Å²) < 4.78 is 31.8. The first-order chi connectivity index (χ1) is 13.2. The van der Waals surface area contributed by atoms with E-state index in [2.05, 4.69) is 5.32 Å². The predicted molar refractivity (Wildman–Crippen MR) is 111 cm³/mol. The van der Waals surface area contributed by atoms with Gasteiger partial charge >= 0.3 is 0 Å². The maximum atomic E-state index is 13.2. The largest absolute Gasteiger partial charge is 0.495 e. The summed E-state index contributed by atoms with van der Waals surface area (Å²) >= 11 is 11.9. The van der Waals surface area contributed by atoms with E-state index in [1.54, 1.807) is 31.2 Å². The Morgan fingerprint density at radius 2 is 1.89 bits per heavy atom. The van der Waals surface area contributed by atoms with Crippen LogP contribution in [0.1, 0.15) is 13.3 Å². The van der Waals surface area contributed by atoms with Crippen LogP contribution in [-0.2, 0) is 14.8 Å². The number of methoxy groups -OCH3 is 1. The lowest BCUT2D eigenvalue weighted by molar-refractivity contribution is -0.117. The summed E-state index contributed by atoms with van der Waals surface area (Å²) in [5.74, 6) is -0.587. The summed E-state index contributed by atoms with van der Waals surface area (Å²) in [6.45, 7) is 2.01. The van der Waals surface area contributed by atoms with Crippen molar-refractivity contribution < 1.29 is 17.9 Å². The van der Waals surface area contributed by atoms with Crippen molar-refractivity contribution in [1.82, 2.24) is 0 Å². The van der Waals surface area contributed by atoms with Gasteiger partial charge in [0, 0.05) is 6.54 Å². The highest BCUT2D eigenvalue weighted by Crippen LogP contribution is 2.53. The predicted octanol–water partition coefficient (Wildman–Crippen LogP) is 4.04. The zero-order chi connectivity index (χ0) is 20.5. The minimum absolute atomic E-state index is 0.0353. The van der Waals surface area contributed by atoms with Gasteiger partial charge in [-0.05, 0) is 43.7 Å². The van der Waals surface area contributed by atoms with E-state index in [1.807, 2.05) is 6.07 Å². The fourth-order valence-electron chi connectivity index (χ4n) is 2.88. The van der Waals surface area contributed by atoms with Crippen LogP contribution in [0.25, 0.3) is 0 Å². The van der Waals surface area contributed by atoms with Crippen LogP contribution in [0.5, 0.6) is 5.75 Å². The Bertz CT molecular complexity index is 981. The number of benzene rings is 2. The number of para-hydroxylation sites is 1. The fraction of sp³-hybridized carbons (Fsp3) is 0.316. The fourth-order valence-corrected chi connectivity index (χ4v) is 4.88. The third-order valence-electron chi connectivity index (χ3n) is 4.49. The Morgan fingerprint density at radius 3 is 2.43 bits per heavy atom. The molecule has 3 rings (SSSR count). The number of anilines is 2. The molecule has 0 aromatic heterocycles. The second kappa shape index (κ2) is 7.81.